The molecule has 1 saturated heterocycles. The number of nitrogens with zero attached hydrogens (tertiary/aromatic N) is 3. The summed E-state index contributed by atoms with van der Waals surface area (Å²) in [6.07, 6.45) is 1.12. The second-order valence-electron chi connectivity index (χ2n) is 6.52. The quantitative estimate of drug-likeness (QED) is 0.724. The minimum Gasteiger partial charge on any atom is -0.325 e. The van der Waals surface area contributed by atoms with Crippen LogP contribution in [-0.4, -0.2) is 40.0 Å². The second kappa shape index (κ2) is 6.99. The number of carbonyl (C=O) groups excluding carboxylic acids is 1. The van der Waals surface area contributed by atoms with E-state index in [4.69, 9.17) is 0 Å². The number of benzene rings is 2. The van der Waals surface area contributed by atoms with Crippen molar-refractivity contribution in [1.82, 2.24) is 13.1 Å². The van der Waals surface area contributed by atoms with E-state index in [1.807, 2.05) is 25.1 Å². The first-order valence-electron chi connectivity index (χ1n) is 8.57. The molecule has 3 aromatic rings. The molecule has 1 aromatic heterocycles. The molecule has 1 amide bonds. The molecule has 0 unspecified atom stereocenters. The second-order valence-corrected chi connectivity index (χ2v) is 8.91. The van der Waals surface area contributed by atoms with Crippen LogP contribution in [0.1, 0.15) is 18.4 Å². The summed E-state index contributed by atoms with van der Waals surface area (Å²) in [7, 11) is -3.85. The molecule has 0 aliphatic carbocycles. The van der Waals surface area contributed by atoms with Crippen molar-refractivity contribution in [2.24, 2.45) is 0 Å². The summed E-state index contributed by atoms with van der Waals surface area (Å²) in [5.41, 5.74) is 2.58. The molecule has 1 aliphatic heterocycles. The SMILES string of the molecule is Cc1cccc(NC(=O)[C@H]2CCCN2S(=O)(=O)c2cccc3nsnc23)c1. The van der Waals surface area contributed by atoms with Gasteiger partial charge in [-0.2, -0.15) is 13.1 Å². The Balaban J connectivity index is 1.64. The average Bonchev–Trinajstić information content (AvgIpc) is 3.31. The monoisotopic (exact) mass is 402 g/mol. The molecular formula is C18H18N4O3S2. The minimum absolute atomic E-state index is 0.101. The summed E-state index contributed by atoms with van der Waals surface area (Å²) in [6, 6.07) is 11.6. The molecule has 7 nitrogen and oxygen atoms in total. The predicted octanol–water partition coefficient (Wildman–Crippen LogP) is 2.79. The lowest BCUT2D eigenvalue weighted by molar-refractivity contribution is -0.119. The Labute approximate surface area is 161 Å². The third-order valence-electron chi connectivity index (χ3n) is 4.63. The van der Waals surface area contributed by atoms with Crippen molar-refractivity contribution < 1.29 is 13.2 Å². The van der Waals surface area contributed by atoms with Crippen LogP contribution in [0.4, 0.5) is 5.69 Å². The number of fused-ring (bicyclic) bond motifs is 1. The number of carbonyl (C=O) groups is 1. The smallest absolute Gasteiger partial charge is 0.246 e. The van der Waals surface area contributed by atoms with Gasteiger partial charge in [-0.25, -0.2) is 8.42 Å². The van der Waals surface area contributed by atoms with Gasteiger partial charge in [0.2, 0.25) is 15.9 Å². The van der Waals surface area contributed by atoms with Crippen LogP contribution in [-0.2, 0) is 14.8 Å². The average molecular weight is 403 g/mol. The van der Waals surface area contributed by atoms with E-state index >= 15 is 0 Å². The van der Waals surface area contributed by atoms with Crippen LogP contribution in [0.15, 0.2) is 47.4 Å². The molecule has 0 radical (unpaired) electrons. The number of rotatable bonds is 4. The molecule has 1 fully saturated rings. The van der Waals surface area contributed by atoms with Crippen LogP contribution >= 0.6 is 11.7 Å². The Morgan fingerprint density at radius 3 is 2.85 bits per heavy atom. The molecular weight excluding hydrogens is 384 g/mol. The fourth-order valence-electron chi connectivity index (χ4n) is 3.35. The van der Waals surface area contributed by atoms with Gasteiger partial charge in [0.05, 0.1) is 11.7 Å². The largest absolute Gasteiger partial charge is 0.325 e. The van der Waals surface area contributed by atoms with Gasteiger partial charge in [-0.1, -0.05) is 18.2 Å². The molecule has 0 saturated carbocycles. The summed E-state index contributed by atoms with van der Waals surface area (Å²) in [6.45, 7) is 2.24. The first-order chi connectivity index (χ1) is 13.0. The number of nitrogens with one attached hydrogen (secondary N) is 1. The predicted molar refractivity (Wildman–Crippen MR) is 104 cm³/mol. The number of anilines is 1. The van der Waals surface area contributed by atoms with E-state index < -0.39 is 16.1 Å². The maximum Gasteiger partial charge on any atom is 0.246 e. The van der Waals surface area contributed by atoms with Gasteiger partial charge in [0.15, 0.2) is 0 Å². The highest BCUT2D eigenvalue weighted by Gasteiger charge is 2.40. The Hall–Kier alpha value is -2.36. The summed E-state index contributed by atoms with van der Waals surface area (Å²) >= 11 is 0.974. The first-order valence-corrected chi connectivity index (χ1v) is 10.7. The van der Waals surface area contributed by atoms with Crippen LogP contribution in [0.3, 0.4) is 0 Å². The van der Waals surface area contributed by atoms with E-state index in [-0.39, 0.29) is 10.8 Å². The van der Waals surface area contributed by atoms with Crippen molar-refractivity contribution in [3.63, 3.8) is 0 Å². The molecule has 4 rings (SSSR count). The van der Waals surface area contributed by atoms with Gasteiger partial charge in [0.25, 0.3) is 0 Å². The molecule has 27 heavy (non-hydrogen) atoms. The standard InChI is InChI=1S/C18H18N4O3S2/c1-12-5-2-6-13(11-12)19-18(23)15-8-4-10-22(15)27(24,25)16-9-3-7-14-17(16)21-26-20-14/h2-3,5-7,9,11,15H,4,8,10H2,1H3,(H,19,23)/t15-/m1/s1. The number of amides is 1. The van der Waals surface area contributed by atoms with E-state index in [0.717, 1.165) is 17.3 Å². The molecule has 2 aromatic carbocycles. The van der Waals surface area contributed by atoms with Crippen molar-refractivity contribution in [2.45, 2.75) is 30.7 Å². The third kappa shape index (κ3) is 3.33. The lowest BCUT2D eigenvalue weighted by Gasteiger charge is -2.23. The normalized spacial score (nSPS) is 18.0. The van der Waals surface area contributed by atoms with Gasteiger partial charge in [-0.3, -0.25) is 4.79 Å². The molecule has 9 heteroatoms. The third-order valence-corrected chi connectivity index (χ3v) is 7.11. The van der Waals surface area contributed by atoms with Crippen molar-refractivity contribution in [1.29, 1.82) is 0 Å². The van der Waals surface area contributed by atoms with E-state index in [1.54, 1.807) is 18.2 Å². The van der Waals surface area contributed by atoms with E-state index in [2.05, 4.69) is 14.1 Å². The van der Waals surface area contributed by atoms with Crippen molar-refractivity contribution in [2.75, 3.05) is 11.9 Å². The van der Waals surface area contributed by atoms with Crippen molar-refractivity contribution >= 4 is 44.4 Å². The molecule has 1 N–H and O–H groups in total. The summed E-state index contributed by atoms with van der Waals surface area (Å²) in [5, 5.41) is 2.84. The maximum absolute atomic E-state index is 13.3. The van der Waals surface area contributed by atoms with E-state index in [0.29, 0.717) is 36.1 Å². The van der Waals surface area contributed by atoms with Crippen LogP contribution in [0.5, 0.6) is 0 Å². The molecule has 1 atom stereocenters. The van der Waals surface area contributed by atoms with Crippen LogP contribution in [0, 0.1) is 6.92 Å². The highest BCUT2D eigenvalue weighted by molar-refractivity contribution is 7.89. The van der Waals surface area contributed by atoms with Crippen LogP contribution < -0.4 is 5.32 Å². The van der Waals surface area contributed by atoms with Gasteiger partial charge < -0.3 is 5.32 Å². The van der Waals surface area contributed by atoms with Crippen molar-refractivity contribution in [3.05, 3.63) is 48.0 Å². The zero-order chi connectivity index (χ0) is 19.0. The minimum atomic E-state index is -3.85. The topological polar surface area (TPSA) is 92.3 Å². The Bertz CT molecular complexity index is 1110. The van der Waals surface area contributed by atoms with Gasteiger partial charge in [-0.05, 0) is 49.6 Å². The Morgan fingerprint density at radius 1 is 1.22 bits per heavy atom. The summed E-state index contributed by atoms with van der Waals surface area (Å²) in [4.78, 5) is 12.9. The number of hydrogen-bond acceptors (Lipinski definition) is 6. The molecule has 0 spiro atoms. The number of aromatic nitrogens is 2. The number of sulfonamides is 1. The molecule has 1 aliphatic rings. The highest BCUT2D eigenvalue weighted by atomic mass is 32.2. The van der Waals surface area contributed by atoms with Gasteiger partial charge in [0.1, 0.15) is 22.0 Å². The molecule has 0 bridgehead atoms. The molecule has 140 valence electrons. The Morgan fingerprint density at radius 2 is 2.04 bits per heavy atom. The van der Waals surface area contributed by atoms with Gasteiger partial charge in [-0.15, -0.1) is 0 Å². The zero-order valence-corrected chi connectivity index (χ0v) is 16.3. The fraction of sp³-hybridized carbons (Fsp3) is 0.278. The van der Waals surface area contributed by atoms with Gasteiger partial charge >= 0.3 is 0 Å². The number of aryl methyl sites for hydroxylation is 1. The fourth-order valence-corrected chi connectivity index (χ4v) is 5.76. The van der Waals surface area contributed by atoms with E-state index in [9.17, 15) is 13.2 Å². The summed E-state index contributed by atoms with van der Waals surface area (Å²) < 4.78 is 36.0. The first kappa shape index (κ1) is 18.0. The summed E-state index contributed by atoms with van der Waals surface area (Å²) in [5.74, 6) is -0.315. The lowest BCUT2D eigenvalue weighted by Crippen LogP contribution is -2.43. The Kier molecular flexibility index (Phi) is 4.67. The highest BCUT2D eigenvalue weighted by Crippen LogP contribution is 2.30. The lowest BCUT2D eigenvalue weighted by atomic mass is 10.2. The zero-order valence-electron chi connectivity index (χ0n) is 14.6. The van der Waals surface area contributed by atoms with Crippen LogP contribution in [0.2, 0.25) is 0 Å². The van der Waals surface area contributed by atoms with E-state index in [1.165, 1.54) is 10.4 Å². The van der Waals surface area contributed by atoms with Gasteiger partial charge in [0, 0.05) is 12.2 Å². The molecule has 2 heterocycles. The van der Waals surface area contributed by atoms with Crippen LogP contribution in [0.25, 0.3) is 11.0 Å². The maximum atomic E-state index is 13.3. The number of hydrogen-bond donors (Lipinski definition) is 1. The van der Waals surface area contributed by atoms with Crippen molar-refractivity contribution in [3.8, 4) is 0 Å².